The largest absolute Gasteiger partial charge is 0.480 e. The van der Waals surface area contributed by atoms with Gasteiger partial charge in [0, 0.05) is 0 Å². The quantitative estimate of drug-likeness (QED) is 0.328. The number of carboxylic acid groups (broad SMARTS) is 1. The van der Waals surface area contributed by atoms with Crippen molar-refractivity contribution < 1.29 is 14.7 Å². The molecule has 0 bridgehead atoms. The Labute approximate surface area is 147 Å². The van der Waals surface area contributed by atoms with Crippen molar-refractivity contribution in [2.24, 2.45) is 5.73 Å². The lowest BCUT2D eigenvalue weighted by atomic mass is 10.0. The van der Waals surface area contributed by atoms with Gasteiger partial charge < -0.3 is 16.2 Å². The van der Waals surface area contributed by atoms with Crippen molar-refractivity contribution in [1.29, 1.82) is 0 Å². The highest BCUT2D eigenvalue weighted by molar-refractivity contribution is 5.83. The summed E-state index contributed by atoms with van der Waals surface area (Å²) in [6, 6.07) is -0.847. The molecule has 5 nitrogen and oxygen atoms in total. The van der Waals surface area contributed by atoms with Crippen molar-refractivity contribution in [2.45, 2.75) is 103 Å². The van der Waals surface area contributed by atoms with Gasteiger partial charge in [0.2, 0.25) is 5.91 Å². The molecule has 142 valence electrons. The Kier molecular flexibility index (Phi) is 16.0. The van der Waals surface area contributed by atoms with Crippen LogP contribution in [0.15, 0.2) is 0 Å². The van der Waals surface area contributed by atoms with Gasteiger partial charge in [0.25, 0.3) is 0 Å². The van der Waals surface area contributed by atoms with Crippen LogP contribution in [0.3, 0.4) is 0 Å². The molecular weight excluding hydrogens is 304 g/mol. The Hall–Kier alpha value is -1.10. The molecule has 0 spiro atoms. The third-order valence-corrected chi connectivity index (χ3v) is 4.37. The molecule has 0 radical (unpaired) electrons. The molecule has 0 aromatic carbocycles. The van der Waals surface area contributed by atoms with Crippen molar-refractivity contribution in [3.05, 3.63) is 0 Å². The van der Waals surface area contributed by atoms with Crippen LogP contribution in [0.4, 0.5) is 0 Å². The van der Waals surface area contributed by atoms with Gasteiger partial charge in [-0.05, 0) is 13.0 Å². The summed E-state index contributed by atoms with van der Waals surface area (Å²) in [4.78, 5) is 21.7. The molecule has 0 rings (SSSR count). The van der Waals surface area contributed by atoms with E-state index in [2.05, 4.69) is 12.2 Å². The molecule has 0 heterocycles. The third-order valence-electron chi connectivity index (χ3n) is 4.37. The van der Waals surface area contributed by atoms with E-state index in [0.717, 1.165) is 12.8 Å². The van der Waals surface area contributed by atoms with E-state index in [1.54, 1.807) is 0 Å². The molecule has 5 heteroatoms. The highest BCUT2D eigenvalue weighted by Crippen LogP contribution is 2.12. The average molecular weight is 343 g/mol. The van der Waals surface area contributed by atoms with Crippen molar-refractivity contribution >= 4 is 11.9 Å². The predicted octanol–water partition coefficient (Wildman–Crippen LogP) is 4.00. The van der Waals surface area contributed by atoms with E-state index < -0.39 is 17.9 Å². The van der Waals surface area contributed by atoms with Crippen molar-refractivity contribution in [3.8, 4) is 0 Å². The number of carbonyl (C=O) groups is 2. The maximum Gasteiger partial charge on any atom is 0.321 e. The molecule has 4 N–H and O–H groups in total. The number of hydrogen-bond acceptors (Lipinski definition) is 3. The SMILES string of the molecule is CCCCCCCCCCCCCCCNC(CC(N)=O)C(=O)O. The molecule has 0 aliphatic rings. The molecule has 0 aromatic rings. The molecule has 0 fully saturated rings. The third kappa shape index (κ3) is 15.8. The zero-order valence-corrected chi connectivity index (χ0v) is 15.5. The first-order valence-corrected chi connectivity index (χ1v) is 9.82. The van der Waals surface area contributed by atoms with E-state index in [-0.39, 0.29) is 6.42 Å². The first-order valence-electron chi connectivity index (χ1n) is 9.82. The molecule has 1 atom stereocenters. The van der Waals surface area contributed by atoms with E-state index in [1.165, 1.54) is 70.6 Å². The second kappa shape index (κ2) is 16.7. The van der Waals surface area contributed by atoms with Gasteiger partial charge >= 0.3 is 5.97 Å². The molecule has 0 aliphatic carbocycles. The second-order valence-corrected chi connectivity index (χ2v) is 6.76. The van der Waals surface area contributed by atoms with Crippen LogP contribution >= 0.6 is 0 Å². The van der Waals surface area contributed by atoms with Crippen molar-refractivity contribution in [2.75, 3.05) is 6.54 Å². The number of nitrogens with one attached hydrogen (secondary N) is 1. The van der Waals surface area contributed by atoms with Gasteiger partial charge in [-0.15, -0.1) is 0 Å². The van der Waals surface area contributed by atoms with Crippen LogP contribution in [0.5, 0.6) is 0 Å². The van der Waals surface area contributed by atoms with Crippen LogP contribution in [-0.2, 0) is 9.59 Å². The van der Waals surface area contributed by atoms with Gasteiger partial charge in [0.1, 0.15) is 6.04 Å². The lowest BCUT2D eigenvalue weighted by Gasteiger charge is -2.12. The normalized spacial score (nSPS) is 12.2. The Morgan fingerprint density at radius 1 is 0.833 bits per heavy atom. The Balaban J connectivity index is 3.30. The van der Waals surface area contributed by atoms with Gasteiger partial charge in [0.15, 0.2) is 0 Å². The maximum atomic E-state index is 10.9. The zero-order chi connectivity index (χ0) is 18.0. The van der Waals surface area contributed by atoms with E-state index >= 15 is 0 Å². The summed E-state index contributed by atoms with van der Waals surface area (Å²) in [6.45, 7) is 2.88. The fraction of sp³-hybridized carbons (Fsp3) is 0.895. The molecule has 0 aromatic heterocycles. The van der Waals surface area contributed by atoms with Crippen LogP contribution < -0.4 is 11.1 Å². The smallest absolute Gasteiger partial charge is 0.321 e. The molecular formula is C19H38N2O3. The highest BCUT2D eigenvalue weighted by atomic mass is 16.4. The standard InChI is InChI=1S/C19H38N2O3/c1-2-3-4-5-6-7-8-9-10-11-12-13-14-15-21-17(19(23)24)16-18(20)22/h17,21H,2-16H2,1H3,(H2,20,22)(H,23,24). The van der Waals surface area contributed by atoms with E-state index in [1.807, 2.05) is 0 Å². The number of primary amides is 1. The van der Waals surface area contributed by atoms with Crippen LogP contribution in [0.2, 0.25) is 0 Å². The summed E-state index contributed by atoms with van der Waals surface area (Å²) in [5, 5.41) is 11.8. The van der Waals surface area contributed by atoms with E-state index in [0.29, 0.717) is 6.54 Å². The molecule has 0 saturated carbocycles. The Morgan fingerprint density at radius 3 is 1.62 bits per heavy atom. The summed E-state index contributed by atoms with van der Waals surface area (Å²) in [5.41, 5.74) is 5.04. The van der Waals surface area contributed by atoms with Gasteiger partial charge in [-0.1, -0.05) is 84.0 Å². The zero-order valence-electron chi connectivity index (χ0n) is 15.5. The van der Waals surface area contributed by atoms with Gasteiger partial charge in [-0.25, -0.2) is 0 Å². The molecule has 24 heavy (non-hydrogen) atoms. The number of amides is 1. The Bertz CT molecular complexity index is 322. The van der Waals surface area contributed by atoms with Crippen molar-refractivity contribution in [3.63, 3.8) is 0 Å². The van der Waals surface area contributed by atoms with Gasteiger partial charge in [0.05, 0.1) is 6.42 Å². The number of aliphatic carboxylic acids is 1. The monoisotopic (exact) mass is 342 g/mol. The summed E-state index contributed by atoms with van der Waals surface area (Å²) < 4.78 is 0. The number of nitrogens with two attached hydrogens (primary N) is 1. The highest BCUT2D eigenvalue weighted by Gasteiger charge is 2.18. The van der Waals surface area contributed by atoms with Crippen LogP contribution in [0.25, 0.3) is 0 Å². The minimum Gasteiger partial charge on any atom is -0.480 e. The van der Waals surface area contributed by atoms with Crippen LogP contribution in [0, 0.1) is 0 Å². The molecule has 1 amide bonds. The fourth-order valence-electron chi connectivity index (χ4n) is 2.87. The molecule has 0 aliphatic heterocycles. The summed E-state index contributed by atoms with van der Waals surface area (Å²) in [6.07, 6.45) is 16.6. The van der Waals surface area contributed by atoms with Gasteiger partial charge in [-0.3, -0.25) is 9.59 Å². The summed E-state index contributed by atoms with van der Waals surface area (Å²) in [5.74, 6) is -1.59. The average Bonchev–Trinajstić information content (AvgIpc) is 2.53. The number of rotatable bonds is 18. The maximum absolute atomic E-state index is 10.9. The van der Waals surface area contributed by atoms with Gasteiger partial charge in [-0.2, -0.15) is 0 Å². The molecule has 1 unspecified atom stereocenters. The lowest BCUT2D eigenvalue weighted by molar-refractivity contribution is -0.141. The van der Waals surface area contributed by atoms with E-state index in [9.17, 15) is 9.59 Å². The summed E-state index contributed by atoms with van der Waals surface area (Å²) in [7, 11) is 0. The first kappa shape index (κ1) is 22.9. The minimum absolute atomic E-state index is 0.145. The number of unbranched alkanes of at least 4 members (excludes halogenated alkanes) is 12. The first-order chi connectivity index (χ1) is 11.6. The van der Waals surface area contributed by atoms with Crippen molar-refractivity contribution in [1.82, 2.24) is 5.32 Å². The van der Waals surface area contributed by atoms with Crippen LogP contribution in [-0.4, -0.2) is 29.6 Å². The number of carboxylic acids is 1. The summed E-state index contributed by atoms with van der Waals surface area (Å²) >= 11 is 0. The number of carbonyl (C=O) groups excluding carboxylic acids is 1. The fourth-order valence-corrected chi connectivity index (χ4v) is 2.87. The Morgan fingerprint density at radius 2 is 1.25 bits per heavy atom. The predicted molar refractivity (Wildman–Crippen MR) is 98.9 cm³/mol. The van der Waals surface area contributed by atoms with Crippen LogP contribution in [0.1, 0.15) is 96.8 Å². The minimum atomic E-state index is -1.01. The second-order valence-electron chi connectivity index (χ2n) is 6.76. The lowest BCUT2D eigenvalue weighted by Crippen LogP contribution is -2.40. The van der Waals surface area contributed by atoms with E-state index in [4.69, 9.17) is 10.8 Å². The topological polar surface area (TPSA) is 92.4 Å². The number of hydrogen-bond donors (Lipinski definition) is 3. The molecule has 0 saturated heterocycles.